The van der Waals surface area contributed by atoms with Gasteiger partial charge in [-0.3, -0.25) is 14.4 Å². The van der Waals surface area contributed by atoms with E-state index in [9.17, 15) is 18.8 Å². The number of aromatic nitrogens is 2. The number of nitrogens with zero attached hydrogens (tertiary/aromatic N) is 3. The van der Waals surface area contributed by atoms with Crippen molar-refractivity contribution in [1.82, 2.24) is 20.0 Å². The van der Waals surface area contributed by atoms with Gasteiger partial charge in [-0.1, -0.05) is 18.2 Å². The quantitative estimate of drug-likeness (QED) is 0.635. The van der Waals surface area contributed by atoms with E-state index in [0.717, 1.165) is 6.07 Å². The highest BCUT2D eigenvalue weighted by molar-refractivity contribution is 5.95. The average Bonchev–Trinajstić information content (AvgIpc) is 2.82. The SMILES string of the molecule is C/C=C/C(=O)N1CCN(C(=O)c2cc(Oc3n[nH]c(=O)c4ccccc34)ccc2F)CC1. The molecule has 32 heavy (non-hydrogen) atoms. The number of carbonyl (C=O) groups is 2. The first-order valence-corrected chi connectivity index (χ1v) is 10.1. The number of piperazine rings is 1. The molecule has 1 aliphatic heterocycles. The Bertz CT molecular complexity index is 1260. The molecule has 1 aromatic heterocycles. The Labute approximate surface area is 182 Å². The molecule has 0 aliphatic carbocycles. The fraction of sp³-hybridized carbons (Fsp3) is 0.217. The van der Waals surface area contributed by atoms with Crippen LogP contribution in [0.2, 0.25) is 0 Å². The third kappa shape index (κ3) is 4.22. The number of hydrogen-bond donors (Lipinski definition) is 1. The van der Waals surface area contributed by atoms with Crippen molar-refractivity contribution in [3.05, 3.63) is 76.4 Å². The minimum absolute atomic E-state index is 0.109. The lowest BCUT2D eigenvalue weighted by molar-refractivity contribution is -0.127. The number of H-pyrrole nitrogens is 1. The summed E-state index contributed by atoms with van der Waals surface area (Å²) in [4.78, 5) is 40.0. The van der Waals surface area contributed by atoms with E-state index in [2.05, 4.69) is 10.2 Å². The molecule has 1 N–H and O–H groups in total. The lowest BCUT2D eigenvalue weighted by atomic mass is 10.1. The molecule has 0 spiro atoms. The van der Waals surface area contributed by atoms with Crippen molar-refractivity contribution in [2.75, 3.05) is 26.2 Å². The van der Waals surface area contributed by atoms with Crippen molar-refractivity contribution >= 4 is 22.6 Å². The number of amides is 2. The van der Waals surface area contributed by atoms with Crippen LogP contribution in [0.5, 0.6) is 11.6 Å². The predicted molar refractivity (Wildman–Crippen MR) is 116 cm³/mol. The molecule has 0 unspecified atom stereocenters. The highest BCUT2D eigenvalue weighted by atomic mass is 19.1. The van der Waals surface area contributed by atoms with Gasteiger partial charge in [0.2, 0.25) is 11.8 Å². The van der Waals surface area contributed by atoms with Crippen LogP contribution in [0.4, 0.5) is 4.39 Å². The van der Waals surface area contributed by atoms with Gasteiger partial charge in [0.1, 0.15) is 11.6 Å². The molecule has 9 heteroatoms. The molecular formula is C23H21FN4O4. The first kappa shape index (κ1) is 21.2. The number of aromatic amines is 1. The molecule has 2 aromatic carbocycles. The minimum Gasteiger partial charge on any atom is -0.437 e. The number of rotatable bonds is 4. The largest absolute Gasteiger partial charge is 0.437 e. The summed E-state index contributed by atoms with van der Waals surface area (Å²) in [6, 6.07) is 10.7. The molecule has 164 valence electrons. The number of allylic oxidation sites excluding steroid dienone is 1. The van der Waals surface area contributed by atoms with Crippen molar-refractivity contribution in [1.29, 1.82) is 0 Å². The Kier molecular flexibility index (Phi) is 5.98. The highest BCUT2D eigenvalue weighted by Gasteiger charge is 2.26. The molecule has 1 fully saturated rings. The van der Waals surface area contributed by atoms with Crippen molar-refractivity contribution < 1.29 is 18.7 Å². The normalized spacial score (nSPS) is 14.2. The smallest absolute Gasteiger partial charge is 0.272 e. The average molecular weight is 436 g/mol. The Morgan fingerprint density at radius 3 is 2.47 bits per heavy atom. The number of halogens is 1. The summed E-state index contributed by atoms with van der Waals surface area (Å²) in [7, 11) is 0. The van der Waals surface area contributed by atoms with Gasteiger partial charge in [-0.25, -0.2) is 9.49 Å². The molecule has 1 saturated heterocycles. The number of benzene rings is 2. The summed E-state index contributed by atoms with van der Waals surface area (Å²) in [6.07, 6.45) is 3.15. The minimum atomic E-state index is -0.672. The van der Waals surface area contributed by atoms with E-state index in [-0.39, 0.29) is 28.7 Å². The second kappa shape index (κ2) is 9.01. The standard InChI is InChI=1S/C23H21FN4O4/c1-2-5-20(29)27-10-12-28(13-11-27)23(31)18-14-15(8-9-19(18)24)32-22-17-7-4-3-6-16(17)21(30)25-26-22/h2-9,14H,10-13H2,1H3,(H,25,30)/b5-2+. The highest BCUT2D eigenvalue weighted by Crippen LogP contribution is 2.27. The van der Waals surface area contributed by atoms with E-state index in [0.29, 0.717) is 37.0 Å². The third-order valence-corrected chi connectivity index (χ3v) is 5.23. The number of fused-ring (bicyclic) bond motifs is 1. The van der Waals surface area contributed by atoms with Crippen LogP contribution in [0, 0.1) is 5.82 Å². The summed E-state index contributed by atoms with van der Waals surface area (Å²) in [6.45, 7) is 3.12. The lowest BCUT2D eigenvalue weighted by Crippen LogP contribution is -2.50. The molecule has 3 aromatic rings. The van der Waals surface area contributed by atoms with E-state index in [4.69, 9.17) is 4.74 Å². The maximum atomic E-state index is 14.5. The van der Waals surface area contributed by atoms with E-state index < -0.39 is 11.7 Å². The molecule has 0 bridgehead atoms. The topological polar surface area (TPSA) is 95.6 Å². The number of hydrogen-bond acceptors (Lipinski definition) is 5. The zero-order chi connectivity index (χ0) is 22.7. The van der Waals surface area contributed by atoms with Crippen LogP contribution in [0.3, 0.4) is 0 Å². The Morgan fingerprint density at radius 1 is 1.06 bits per heavy atom. The Morgan fingerprint density at radius 2 is 1.75 bits per heavy atom. The molecule has 0 atom stereocenters. The monoisotopic (exact) mass is 436 g/mol. The number of carbonyl (C=O) groups excluding carboxylic acids is 2. The van der Waals surface area contributed by atoms with Gasteiger partial charge in [-0.2, -0.15) is 0 Å². The van der Waals surface area contributed by atoms with Gasteiger partial charge >= 0.3 is 0 Å². The second-order valence-corrected chi connectivity index (χ2v) is 7.26. The van der Waals surface area contributed by atoms with E-state index >= 15 is 0 Å². The van der Waals surface area contributed by atoms with Crippen molar-refractivity contribution in [3.8, 4) is 11.6 Å². The Balaban J connectivity index is 1.54. The molecular weight excluding hydrogens is 415 g/mol. The second-order valence-electron chi connectivity index (χ2n) is 7.26. The zero-order valence-corrected chi connectivity index (χ0v) is 17.4. The van der Waals surface area contributed by atoms with Gasteiger partial charge < -0.3 is 14.5 Å². The van der Waals surface area contributed by atoms with Crippen LogP contribution >= 0.6 is 0 Å². The van der Waals surface area contributed by atoms with E-state index in [1.165, 1.54) is 23.1 Å². The van der Waals surface area contributed by atoms with E-state index in [1.807, 2.05) is 0 Å². The van der Waals surface area contributed by atoms with Gasteiger partial charge in [-0.15, -0.1) is 5.10 Å². The predicted octanol–water partition coefficient (Wildman–Crippen LogP) is 2.72. The van der Waals surface area contributed by atoms with Crippen LogP contribution in [-0.4, -0.2) is 58.0 Å². The molecule has 8 nitrogen and oxygen atoms in total. The van der Waals surface area contributed by atoms with Gasteiger partial charge in [0, 0.05) is 26.2 Å². The van der Waals surface area contributed by atoms with Gasteiger partial charge in [0.15, 0.2) is 0 Å². The Hall–Kier alpha value is -4.01. The fourth-order valence-electron chi connectivity index (χ4n) is 3.56. The van der Waals surface area contributed by atoms with Gasteiger partial charge in [0.05, 0.1) is 16.3 Å². The maximum absolute atomic E-state index is 14.5. The molecule has 2 amide bonds. The van der Waals surface area contributed by atoms with E-state index in [1.54, 1.807) is 42.2 Å². The summed E-state index contributed by atoms with van der Waals surface area (Å²) in [5.74, 6) is -0.913. The summed E-state index contributed by atoms with van der Waals surface area (Å²) < 4.78 is 20.3. The van der Waals surface area contributed by atoms with Crippen LogP contribution < -0.4 is 10.3 Å². The first-order chi connectivity index (χ1) is 15.5. The molecule has 4 rings (SSSR count). The summed E-state index contributed by atoms with van der Waals surface area (Å²) in [5, 5.41) is 7.21. The third-order valence-electron chi connectivity index (χ3n) is 5.23. The van der Waals surface area contributed by atoms with Crippen LogP contribution in [0.15, 0.2) is 59.4 Å². The summed E-state index contributed by atoms with van der Waals surface area (Å²) in [5.41, 5.74) is -0.487. The molecule has 1 aliphatic rings. The van der Waals surface area contributed by atoms with Crippen LogP contribution in [0.1, 0.15) is 17.3 Å². The number of ether oxygens (including phenoxy) is 1. The fourth-order valence-corrected chi connectivity index (χ4v) is 3.56. The molecule has 0 radical (unpaired) electrons. The number of nitrogens with one attached hydrogen (secondary N) is 1. The van der Waals surface area contributed by atoms with Crippen LogP contribution in [0.25, 0.3) is 10.8 Å². The first-order valence-electron chi connectivity index (χ1n) is 10.1. The maximum Gasteiger partial charge on any atom is 0.272 e. The molecule has 0 saturated carbocycles. The van der Waals surface area contributed by atoms with Crippen LogP contribution in [-0.2, 0) is 4.79 Å². The molecule has 2 heterocycles. The van der Waals surface area contributed by atoms with Gasteiger partial charge in [0.25, 0.3) is 11.5 Å². The zero-order valence-electron chi connectivity index (χ0n) is 17.4. The van der Waals surface area contributed by atoms with Crippen molar-refractivity contribution in [3.63, 3.8) is 0 Å². The van der Waals surface area contributed by atoms with Crippen molar-refractivity contribution in [2.45, 2.75) is 6.92 Å². The van der Waals surface area contributed by atoms with Gasteiger partial charge in [-0.05, 0) is 43.3 Å². The summed E-state index contributed by atoms with van der Waals surface area (Å²) >= 11 is 0. The van der Waals surface area contributed by atoms with Crippen molar-refractivity contribution in [2.24, 2.45) is 0 Å². The lowest BCUT2D eigenvalue weighted by Gasteiger charge is -2.34.